The maximum absolute atomic E-state index is 12.9. The van der Waals surface area contributed by atoms with Crippen LogP contribution in [0, 0.1) is 5.92 Å². The number of halogens is 2. The van der Waals surface area contributed by atoms with E-state index in [0.29, 0.717) is 12.5 Å². The highest BCUT2D eigenvalue weighted by molar-refractivity contribution is 7.91. The number of sulfone groups is 1. The normalized spacial score (nSPS) is 23.6. The zero-order valence-electron chi connectivity index (χ0n) is 13.6. The van der Waals surface area contributed by atoms with E-state index in [1.165, 1.54) is 4.31 Å². The van der Waals surface area contributed by atoms with Crippen molar-refractivity contribution in [1.82, 2.24) is 4.31 Å². The molecule has 140 valence electrons. The summed E-state index contributed by atoms with van der Waals surface area (Å²) >= 11 is 0. The third-order valence-electron chi connectivity index (χ3n) is 5.19. The van der Waals surface area contributed by atoms with Crippen LogP contribution in [0.15, 0.2) is 34.1 Å². The van der Waals surface area contributed by atoms with Crippen LogP contribution < -0.4 is 0 Å². The Morgan fingerprint density at radius 2 is 1.44 bits per heavy atom. The molecule has 9 heteroatoms. The topological polar surface area (TPSA) is 71.5 Å². The van der Waals surface area contributed by atoms with E-state index in [1.807, 2.05) is 0 Å². The third kappa shape index (κ3) is 3.46. The molecule has 3 rings (SSSR count). The molecule has 0 N–H and O–H groups in total. The summed E-state index contributed by atoms with van der Waals surface area (Å²) in [5, 5.41) is 0. The van der Waals surface area contributed by atoms with Crippen LogP contribution in [0.25, 0.3) is 0 Å². The average molecular weight is 393 g/mol. The second-order valence-electron chi connectivity index (χ2n) is 6.65. The van der Waals surface area contributed by atoms with Gasteiger partial charge in [-0.1, -0.05) is 12.8 Å². The first-order valence-corrected chi connectivity index (χ1v) is 11.4. The van der Waals surface area contributed by atoms with Gasteiger partial charge in [-0.15, -0.1) is 0 Å². The smallest absolute Gasteiger partial charge is 0.218 e. The number of benzene rings is 1. The Bertz CT molecular complexity index is 816. The Kier molecular flexibility index (Phi) is 5.18. The minimum atomic E-state index is -4.72. The third-order valence-corrected chi connectivity index (χ3v) is 8.52. The van der Waals surface area contributed by atoms with E-state index in [-0.39, 0.29) is 10.9 Å². The number of hydrogen-bond acceptors (Lipinski definition) is 4. The molecule has 1 saturated carbocycles. The molecule has 2 aliphatic rings. The van der Waals surface area contributed by atoms with E-state index in [1.54, 1.807) is 0 Å². The van der Waals surface area contributed by atoms with Crippen LogP contribution in [0.5, 0.6) is 0 Å². The highest BCUT2D eigenvalue weighted by Gasteiger charge is 2.40. The van der Waals surface area contributed by atoms with Gasteiger partial charge in [0.1, 0.15) is 0 Å². The van der Waals surface area contributed by atoms with E-state index in [4.69, 9.17) is 0 Å². The van der Waals surface area contributed by atoms with E-state index < -0.39 is 30.5 Å². The van der Waals surface area contributed by atoms with Crippen LogP contribution in [0.3, 0.4) is 0 Å². The summed E-state index contributed by atoms with van der Waals surface area (Å²) in [6, 6.07) is 4.07. The molecular formula is C16H21F2NO4S2. The molecule has 1 aliphatic carbocycles. The minimum absolute atomic E-state index is 0.0167. The van der Waals surface area contributed by atoms with Gasteiger partial charge in [0.25, 0.3) is 0 Å². The van der Waals surface area contributed by atoms with Crippen LogP contribution in [0.2, 0.25) is 0 Å². The molecule has 5 nitrogen and oxygen atoms in total. The van der Waals surface area contributed by atoms with Crippen molar-refractivity contribution in [2.45, 2.75) is 60.1 Å². The van der Waals surface area contributed by atoms with Gasteiger partial charge in [0.05, 0.1) is 9.79 Å². The fourth-order valence-corrected chi connectivity index (χ4v) is 6.39. The van der Waals surface area contributed by atoms with Crippen molar-refractivity contribution in [3.8, 4) is 0 Å². The maximum atomic E-state index is 12.9. The van der Waals surface area contributed by atoms with Crippen molar-refractivity contribution in [2.24, 2.45) is 5.92 Å². The van der Waals surface area contributed by atoms with Gasteiger partial charge in [-0.2, -0.15) is 13.1 Å². The Balaban J connectivity index is 1.87. The second-order valence-corrected chi connectivity index (χ2v) is 10.5. The number of rotatable bonds is 5. The Labute approximate surface area is 147 Å². The number of sulfonamides is 1. The molecule has 0 aromatic heterocycles. The summed E-state index contributed by atoms with van der Waals surface area (Å²) < 4.78 is 75.5. The summed E-state index contributed by atoms with van der Waals surface area (Å²) in [6.07, 6.45) is 5.94. The Morgan fingerprint density at radius 3 is 2.00 bits per heavy atom. The maximum Gasteiger partial charge on any atom is 0.341 e. The van der Waals surface area contributed by atoms with Gasteiger partial charge in [0, 0.05) is 12.6 Å². The van der Waals surface area contributed by atoms with Crippen molar-refractivity contribution in [3.63, 3.8) is 0 Å². The quantitative estimate of drug-likeness (QED) is 0.771. The summed E-state index contributed by atoms with van der Waals surface area (Å²) in [5.74, 6) is -3.16. The fourth-order valence-electron chi connectivity index (χ4n) is 3.92. The van der Waals surface area contributed by atoms with Crippen molar-refractivity contribution in [2.75, 3.05) is 6.54 Å². The fraction of sp³-hybridized carbons (Fsp3) is 0.625. The zero-order valence-corrected chi connectivity index (χ0v) is 15.3. The van der Waals surface area contributed by atoms with Gasteiger partial charge in [-0.25, -0.2) is 16.8 Å². The molecule has 1 atom stereocenters. The SMILES string of the molecule is O=S(=O)(c1ccc(S(=O)(=O)N2CCC[C@@H]2C2CCCC2)cc1)C(F)F. The molecule has 0 bridgehead atoms. The number of alkyl halides is 2. The molecule has 0 unspecified atom stereocenters. The average Bonchev–Trinajstić information content (AvgIpc) is 3.25. The van der Waals surface area contributed by atoms with Crippen molar-refractivity contribution < 1.29 is 25.6 Å². The summed E-state index contributed by atoms with van der Waals surface area (Å²) in [7, 11) is -8.48. The highest BCUT2D eigenvalue weighted by Crippen LogP contribution is 2.38. The van der Waals surface area contributed by atoms with Crippen LogP contribution in [-0.2, 0) is 19.9 Å². The Hall–Kier alpha value is -1.06. The molecule has 1 aliphatic heterocycles. The van der Waals surface area contributed by atoms with Crippen LogP contribution in [0.4, 0.5) is 8.78 Å². The van der Waals surface area contributed by atoms with Crippen molar-refractivity contribution >= 4 is 19.9 Å². The standard InChI is InChI=1S/C16H21F2NO4S2/c17-16(18)24(20,21)13-7-9-14(10-8-13)25(22,23)19-11-3-6-15(19)12-4-1-2-5-12/h7-10,12,15-16H,1-6,11H2/t15-/m1/s1. The molecule has 1 aromatic rings. The zero-order chi connectivity index (χ0) is 18.2. The molecule has 1 heterocycles. The lowest BCUT2D eigenvalue weighted by molar-refractivity contribution is 0.234. The first kappa shape index (κ1) is 18.7. The van der Waals surface area contributed by atoms with E-state index in [9.17, 15) is 25.6 Å². The van der Waals surface area contributed by atoms with Gasteiger partial charge < -0.3 is 0 Å². The second kappa shape index (κ2) is 6.92. The molecular weight excluding hydrogens is 372 g/mol. The Morgan fingerprint density at radius 1 is 0.880 bits per heavy atom. The largest absolute Gasteiger partial charge is 0.341 e. The van der Waals surface area contributed by atoms with Gasteiger partial charge >= 0.3 is 5.76 Å². The molecule has 25 heavy (non-hydrogen) atoms. The molecule has 1 aromatic carbocycles. The van der Waals surface area contributed by atoms with Gasteiger partial charge in [0.2, 0.25) is 19.9 Å². The van der Waals surface area contributed by atoms with E-state index in [2.05, 4.69) is 0 Å². The summed E-state index contributed by atoms with van der Waals surface area (Å²) in [4.78, 5) is -0.624. The van der Waals surface area contributed by atoms with Gasteiger partial charge in [0.15, 0.2) is 0 Å². The first-order chi connectivity index (χ1) is 11.7. The predicted octanol–water partition coefficient (Wildman–Crippen LogP) is 3.03. The van der Waals surface area contributed by atoms with E-state index in [0.717, 1.165) is 62.8 Å². The van der Waals surface area contributed by atoms with Crippen molar-refractivity contribution in [1.29, 1.82) is 0 Å². The molecule has 0 amide bonds. The van der Waals surface area contributed by atoms with Gasteiger partial charge in [-0.05, 0) is 55.9 Å². The predicted molar refractivity (Wildman–Crippen MR) is 88.5 cm³/mol. The van der Waals surface area contributed by atoms with Crippen LogP contribution in [-0.4, -0.2) is 39.5 Å². The van der Waals surface area contributed by atoms with Crippen molar-refractivity contribution in [3.05, 3.63) is 24.3 Å². The van der Waals surface area contributed by atoms with Crippen LogP contribution in [0.1, 0.15) is 38.5 Å². The molecule has 0 spiro atoms. The number of hydrogen-bond donors (Lipinski definition) is 0. The lowest BCUT2D eigenvalue weighted by atomic mass is 9.97. The van der Waals surface area contributed by atoms with Crippen LogP contribution >= 0.6 is 0 Å². The molecule has 2 fully saturated rings. The first-order valence-electron chi connectivity index (χ1n) is 8.38. The monoisotopic (exact) mass is 393 g/mol. The summed E-state index contributed by atoms with van der Waals surface area (Å²) in [5.41, 5.74) is 0. The van der Waals surface area contributed by atoms with Gasteiger partial charge in [-0.3, -0.25) is 0 Å². The lowest BCUT2D eigenvalue weighted by Gasteiger charge is -2.28. The number of nitrogens with zero attached hydrogens (tertiary/aromatic N) is 1. The summed E-state index contributed by atoms with van der Waals surface area (Å²) in [6.45, 7) is 0.445. The van der Waals surface area contributed by atoms with E-state index >= 15 is 0 Å². The highest BCUT2D eigenvalue weighted by atomic mass is 32.2. The molecule has 1 saturated heterocycles. The lowest BCUT2D eigenvalue weighted by Crippen LogP contribution is -2.39. The minimum Gasteiger partial charge on any atom is -0.218 e. The molecule has 0 radical (unpaired) electrons.